The van der Waals surface area contributed by atoms with E-state index in [1.807, 2.05) is 0 Å². The summed E-state index contributed by atoms with van der Waals surface area (Å²) in [5.41, 5.74) is 8.22. The Balaban J connectivity index is 3.38. The van der Waals surface area contributed by atoms with E-state index in [0.29, 0.717) is 0 Å². The summed E-state index contributed by atoms with van der Waals surface area (Å²) >= 11 is 5.64. The fourth-order valence-electron chi connectivity index (χ4n) is 0.918. The number of methoxy groups -OCH3 is 1. The van der Waals surface area contributed by atoms with Gasteiger partial charge in [-0.1, -0.05) is 11.6 Å². The third kappa shape index (κ3) is 1.63. The Bertz CT molecular complexity index is 420. The summed E-state index contributed by atoms with van der Waals surface area (Å²) in [5.74, 6) is -0.658. The van der Waals surface area contributed by atoms with Crippen LogP contribution < -0.4 is 0 Å². The van der Waals surface area contributed by atoms with Gasteiger partial charge in [-0.15, -0.1) is 0 Å². The number of carbonyl (C=O) groups is 1. The number of hydrogen-bond acceptors (Lipinski definition) is 4. The van der Waals surface area contributed by atoms with Crippen LogP contribution in [0.5, 0.6) is 0 Å². The minimum absolute atomic E-state index is 0.0318. The summed E-state index contributed by atoms with van der Waals surface area (Å²) in [7, 11) is 2.70. The fraction of sp³-hybridized carbons (Fsp3) is 0.333. The minimum Gasteiger partial charge on any atom is -0.465 e. The molecule has 0 unspecified atom stereocenters. The van der Waals surface area contributed by atoms with Crippen LogP contribution in [-0.4, -0.2) is 22.9 Å². The van der Waals surface area contributed by atoms with Crippen LogP contribution in [0.1, 0.15) is 10.4 Å². The van der Waals surface area contributed by atoms with Gasteiger partial charge in [-0.3, -0.25) is 4.68 Å². The first kappa shape index (κ1) is 10.4. The number of hydrogen-bond donors (Lipinski definition) is 0. The Morgan fingerprint density at radius 3 is 2.93 bits per heavy atom. The number of ether oxygens (including phenoxy) is 1. The molecular formula is C6H6ClN5O2. The summed E-state index contributed by atoms with van der Waals surface area (Å²) in [4.78, 5) is 13.8. The number of aromatic nitrogens is 2. The Morgan fingerprint density at radius 2 is 2.43 bits per heavy atom. The molecule has 74 valence electrons. The topological polar surface area (TPSA) is 92.9 Å². The average Bonchev–Trinajstić information content (AvgIpc) is 2.42. The first-order chi connectivity index (χ1) is 6.61. The zero-order chi connectivity index (χ0) is 10.7. The molecule has 7 nitrogen and oxygen atoms in total. The molecule has 8 heteroatoms. The summed E-state index contributed by atoms with van der Waals surface area (Å²) < 4.78 is 5.66. The van der Waals surface area contributed by atoms with Gasteiger partial charge in [0, 0.05) is 12.0 Å². The number of carbonyl (C=O) groups excluding carboxylic acids is 1. The molecule has 0 aliphatic heterocycles. The predicted molar refractivity (Wildman–Crippen MR) is 48.4 cm³/mol. The lowest BCUT2D eigenvalue weighted by Gasteiger charge is -1.97. The molecule has 1 heterocycles. The van der Waals surface area contributed by atoms with Crippen molar-refractivity contribution in [1.82, 2.24) is 9.78 Å². The standard InChI is InChI=1S/C6H6ClN5O2/c1-12-5(9-11-8)3(4(7)10-12)6(13)14-2/h1-2H3. The van der Waals surface area contributed by atoms with Gasteiger partial charge >= 0.3 is 5.97 Å². The second-order valence-electron chi connectivity index (χ2n) is 2.29. The van der Waals surface area contributed by atoms with Gasteiger partial charge in [0.05, 0.1) is 7.11 Å². The molecule has 0 aromatic carbocycles. The largest absolute Gasteiger partial charge is 0.465 e. The maximum Gasteiger partial charge on any atom is 0.343 e. The highest BCUT2D eigenvalue weighted by molar-refractivity contribution is 6.33. The molecule has 1 aromatic heterocycles. The predicted octanol–water partition coefficient (Wildman–Crippen LogP) is 1.80. The third-order valence-electron chi connectivity index (χ3n) is 1.50. The molecule has 0 bridgehead atoms. The van der Waals surface area contributed by atoms with Gasteiger partial charge in [0.1, 0.15) is 11.4 Å². The van der Waals surface area contributed by atoms with Crippen LogP contribution in [-0.2, 0) is 11.8 Å². The number of esters is 1. The third-order valence-corrected chi connectivity index (χ3v) is 1.77. The quantitative estimate of drug-likeness (QED) is 0.326. The summed E-state index contributed by atoms with van der Waals surface area (Å²) in [6.07, 6.45) is 0. The Hall–Kier alpha value is -1.72. The van der Waals surface area contributed by atoms with Gasteiger partial charge in [-0.05, 0) is 10.6 Å². The number of rotatable bonds is 2. The second kappa shape index (κ2) is 3.99. The van der Waals surface area contributed by atoms with Crippen LogP contribution in [0.2, 0.25) is 5.15 Å². The van der Waals surface area contributed by atoms with Crippen LogP contribution in [0, 0.1) is 0 Å². The van der Waals surface area contributed by atoms with E-state index < -0.39 is 5.97 Å². The smallest absolute Gasteiger partial charge is 0.343 e. The molecule has 0 amide bonds. The molecule has 1 rings (SSSR count). The monoisotopic (exact) mass is 215 g/mol. The van der Waals surface area contributed by atoms with Gasteiger partial charge in [0.15, 0.2) is 5.15 Å². The van der Waals surface area contributed by atoms with Crippen LogP contribution in [0.4, 0.5) is 5.82 Å². The molecule has 0 saturated carbocycles. The highest BCUT2D eigenvalue weighted by Gasteiger charge is 2.21. The highest BCUT2D eigenvalue weighted by Crippen LogP contribution is 2.26. The molecule has 0 spiro atoms. The number of nitrogens with zero attached hydrogens (tertiary/aromatic N) is 5. The van der Waals surface area contributed by atoms with Crippen molar-refractivity contribution in [2.24, 2.45) is 12.2 Å². The van der Waals surface area contributed by atoms with E-state index >= 15 is 0 Å². The summed E-state index contributed by atoms with van der Waals surface area (Å²) in [6.45, 7) is 0. The van der Waals surface area contributed by atoms with E-state index in [1.54, 1.807) is 0 Å². The SMILES string of the molecule is COC(=O)c1c(Cl)nn(C)c1N=[N+]=[N-]. The lowest BCUT2D eigenvalue weighted by molar-refractivity contribution is 0.0602. The maximum atomic E-state index is 11.2. The average molecular weight is 216 g/mol. The molecule has 1 aromatic rings. The van der Waals surface area contributed by atoms with E-state index in [1.165, 1.54) is 18.8 Å². The van der Waals surface area contributed by atoms with Crippen molar-refractivity contribution >= 4 is 23.4 Å². The molecule has 14 heavy (non-hydrogen) atoms. The first-order valence-electron chi connectivity index (χ1n) is 3.47. The zero-order valence-corrected chi connectivity index (χ0v) is 8.19. The Morgan fingerprint density at radius 1 is 1.79 bits per heavy atom. The van der Waals surface area contributed by atoms with Gasteiger partial charge < -0.3 is 4.74 Å². The van der Waals surface area contributed by atoms with Crippen molar-refractivity contribution in [1.29, 1.82) is 0 Å². The lowest BCUT2D eigenvalue weighted by Crippen LogP contribution is -2.00. The lowest BCUT2D eigenvalue weighted by atomic mass is 10.3. The second-order valence-corrected chi connectivity index (χ2v) is 2.65. The molecular weight excluding hydrogens is 210 g/mol. The van der Waals surface area contributed by atoms with Crippen LogP contribution in [0.15, 0.2) is 5.11 Å². The molecule has 0 aliphatic rings. The van der Waals surface area contributed by atoms with E-state index in [4.69, 9.17) is 17.1 Å². The minimum atomic E-state index is -0.689. The van der Waals surface area contributed by atoms with Crippen LogP contribution in [0.3, 0.4) is 0 Å². The molecule has 0 atom stereocenters. The normalized spacial score (nSPS) is 9.36. The van der Waals surface area contributed by atoms with Gasteiger partial charge in [-0.2, -0.15) is 5.10 Å². The van der Waals surface area contributed by atoms with Gasteiger partial charge in [-0.25, -0.2) is 4.79 Å². The first-order valence-corrected chi connectivity index (χ1v) is 3.85. The van der Waals surface area contributed by atoms with Crippen molar-refractivity contribution in [2.75, 3.05) is 7.11 Å². The summed E-state index contributed by atoms with van der Waals surface area (Å²) in [6, 6.07) is 0. The zero-order valence-electron chi connectivity index (χ0n) is 7.43. The van der Waals surface area contributed by atoms with E-state index in [0.717, 1.165) is 0 Å². The molecule has 0 aliphatic carbocycles. The number of aryl methyl sites for hydroxylation is 1. The Labute approximate surface area is 83.8 Å². The van der Waals surface area contributed by atoms with E-state index in [-0.39, 0.29) is 16.5 Å². The number of halogens is 1. The fourth-order valence-corrected chi connectivity index (χ4v) is 1.19. The molecule has 0 N–H and O–H groups in total. The van der Waals surface area contributed by atoms with Crippen molar-refractivity contribution < 1.29 is 9.53 Å². The molecule has 0 radical (unpaired) electrons. The van der Waals surface area contributed by atoms with Crippen molar-refractivity contribution in [3.05, 3.63) is 21.2 Å². The van der Waals surface area contributed by atoms with Crippen molar-refractivity contribution in [2.45, 2.75) is 0 Å². The number of azide groups is 1. The van der Waals surface area contributed by atoms with Crippen LogP contribution in [0.25, 0.3) is 10.4 Å². The maximum absolute atomic E-state index is 11.2. The Kier molecular flexibility index (Phi) is 2.95. The highest BCUT2D eigenvalue weighted by atomic mass is 35.5. The van der Waals surface area contributed by atoms with Crippen LogP contribution >= 0.6 is 11.6 Å². The van der Waals surface area contributed by atoms with E-state index in [9.17, 15) is 4.79 Å². The molecule has 0 fully saturated rings. The van der Waals surface area contributed by atoms with Gasteiger partial charge in [0.2, 0.25) is 0 Å². The summed E-state index contributed by atoms with van der Waals surface area (Å²) in [5, 5.41) is 6.95. The van der Waals surface area contributed by atoms with E-state index in [2.05, 4.69) is 19.9 Å². The van der Waals surface area contributed by atoms with Crippen molar-refractivity contribution in [3.63, 3.8) is 0 Å². The van der Waals surface area contributed by atoms with Crippen molar-refractivity contribution in [3.8, 4) is 0 Å². The van der Waals surface area contributed by atoms with Gasteiger partial charge in [0.25, 0.3) is 0 Å². The molecule has 0 saturated heterocycles.